The number of imidazole rings is 1. The molecule has 0 aliphatic carbocycles. The average molecular weight is 270 g/mol. The van der Waals surface area contributed by atoms with Crippen LogP contribution in [0.4, 0.5) is 5.82 Å². The number of carbonyl (C=O) groups excluding carboxylic acids is 1. The van der Waals surface area contributed by atoms with Crippen LogP contribution in [0.3, 0.4) is 0 Å². The molecule has 1 rings (SSSR count). The van der Waals surface area contributed by atoms with Crippen molar-refractivity contribution in [2.45, 2.75) is 38.8 Å². The van der Waals surface area contributed by atoms with Gasteiger partial charge in [-0.25, -0.2) is 0 Å². The number of nitro groups is 1. The molecule has 1 aromatic heterocycles. The van der Waals surface area contributed by atoms with E-state index in [0.717, 1.165) is 6.42 Å². The normalized spacial score (nSPS) is 12.1. The molecule has 0 saturated heterocycles. The quantitative estimate of drug-likeness (QED) is 0.526. The minimum atomic E-state index is -0.586. The Morgan fingerprint density at radius 3 is 3.00 bits per heavy atom. The second kappa shape index (κ2) is 7.47. The van der Waals surface area contributed by atoms with Crippen molar-refractivity contribution in [1.29, 1.82) is 0 Å². The Balaban J connectivity index is 2.27. The van der Waals surface area contributed by atoms with Gasteiger partial charge in [0.1, 0.15) is 6.20 Å². The van der Waals surface area contributed by atoms with Crippen LogP contribution < -0.4 is 5.32 Å². The van der Waals surface area contributed by atoms with E-state index in [-0.39, 0.29) is 24.7 Å². The standard InChI is InChI=1S/C11H18N4O4/c1-2-3-9(16)6-12-11(17)4-5-14-7-10(13-8-14)15(18)19/h7-9,16H,2-6H2,1H3,(H,12,17). The Bertz CT molecular complexity index is 432. The van der Waals surface area contributed by atoms with E-state index in [2.05, 4.69) is 10.3 Å². The second-order valence-electron chi connectivity index (χ2n) is 4.22. The third kappa shape index (κ3) is 5.47. The van der Waals surface area contributed by atoms with E-state index in [0.29, 0.717) is 13.0 Å². The Kier molecular flexibility index (Phi) is 5.94. The van der Waals surface area contributed by atoms with Crippen LogP contribution in [0.15, 0.2) is 12.5 Å². The summed E-state index contributed by atoms with van der Waals surface area (Å²) in [4.78, 5) is 24.9. The molecule has 0 bridgehead atoms. The van der Waals surface area contributed by atoms with Crippen molar-refractivity contribution in [3.05, 3.63) is 22.6 Å². The van der Waals surface area contributed by atoms with E-state index in [1.807, 2.05) is 6.92 Å². The molecule has 1 heterocycles. The number of nitrogens with one attached hydrogen (secondary N) is 1. The molecule has 8 heteroatoms. The maximum Gasteiger partial charge on any atom is 0.381 e. The van der Waals surface area contributed by atoms with E-state index in [1.165, 1.54) is 17.1 Å². The van der Waals surface area contributed by atoms with Crippen molar-refractivity contribution in [1.82, 2.24) is 14.9 Å². The smallest absolute Gasteiger partial charge is 0.381 e. The summed E-state index contributed by atoms with van der Waals surface area (Å²) in [7, 11) is 0. The van der Waals surface area contributed by atoms with E-state index in [4.69, 9.17) is 0 Å². The number of hydrogen-bond donors (Lipinski definition) is 2. The molecule has 0 aliphatic heterocycles. The van der Waals surface area contributed by atoms with Crippen molar-refractivity contribution in [3.8, 4) is 0 Å². The number of aryl methyl sites for hydroxylation is 1. The maximum absolute atomic E-state index is 11.5. The lowest BCUT2D eigenvalue weighted by atomic mass is 10.2. The molecule has 19 heavy (non-hydrogen) atoms. The number of aromatic nitrogens is 2. The maximum atomic E-state index is 11.5. The number of carbonyl (C=O) groups is 1. The first kappa shape index (κ1) is 15.1. The number of rotatable bonds is 8. The first-order valence-electron chi connectivity index (χ1n) is 6.13. The molecule has 0 spiro atoms. The van der Waals surface area contributed by atoms with Gasteiger partial charge in [0.2, 0.25) is 12.2 Å². The van der Waals surface area contributed by atoms with E-state index >= 15 is 0 Å². The molecule has 2 N–H and O–H groups in total. The van der Waals surface area contributed by atoms with Crippen LogP contribution in [-0.2, 0) is 11.3 Å². The summed E-state index contributed by atoms with van der Waals surface area (Å²) in [6.07, 6.45) is 3.76. The van der Waals surface area contributed by atoms with Crippen LogP contribution in [0, 0.1) is 10.1 Å². The highest BCUT2D eigenvalue weighted by atomic mass is 16.6. The third-order valence-corrected chi connectivity index (χ3v) is 2.56. The highest BCUT2D eigenvalue weighted by Crippen LogP contribution is 2.06. The minimum absolute atomic E-state index is 0.187. The largest absolute Gasteiger partial charge is 0.391 e. The molecule has 1 aromatic rings. The molecule has 1 amide bonds. The van der Waals surface area contributed by atoms with Crippen LogP contribution in [0.25, 0.3) is 0 Å². The summed E-state index contributed by atoms with van der Waals surface area (Å²) in [5.41, 5.74) is 0. The highest BCUT2D eigenvalue weighted by molar-refractivity contribution is 5.75. The Labute approximate surface area is 110 Å². The summed E-state index contributed by atoms with van der Waals surface area (Å²) in [6, 6.07) is 0. The average Bonchev–Trinajstić information content (AvgIpc) is 2.83. The molecule has 0 fully saturated rings. The van der Waals surface area contributed by atoms with Crippen molar-refractivity contribution < 1.29 is 14.8 Å². The van der Waals surface area contributed by atoms with Crippen molar-refractivity contribution in [3.63, 3.8) is 0 Å². The predicted molar refractivity (Wildman–Crippen MR) is 67.4 cm³/mol. The molecule has 0 aromatic carbocycles. The number of amides is 1. The van der Waals surface area contributed by atoms with Gasteiger partial charge in [-0.3, -0.25) is 4.79 Å². The molecule has 0 saturated carbocycles. The van der Waals surface area contributed by atoms with Gasteiger partial charge < -0.3 is 25.1 Å². The molecular formula is C11H18N4O4. The first-order chi connectivity index (χ1) is 9.02. The van der Waals surface area contributed by atoms with E-state index in [1.54, 1.807) is 0 Å². The second-order valence-corrected chi connectivity index (χ2v) is 4.22. The van der Waals surface area contributed by atoms with Crippen LogP contribution in [-0.4, -0.2) is 38.1 Å². The molecule has 8 nitrogen and oxygen atoms in total. The van der Waals surface area contributed by atoms with Gasteiger partial charge in [-0.2, -0.15) is 0 Å². The van der Waals surface area contributed by atoms with Gasteiger partial charge in [-0.15, -0.1) is 0 Å². The Hall–Kier alpha value is -1.96. The first-order valence-corrected chi connectivity index (χ1v) is 6.13. The number of aliphatic hydroxyl groups excluding tert-OH is 1. The highest BCUT2D eigenvalue weighted by Gasteiger charge is 2.11. The summed E-state index contributed by atoms with van der Waals surface area (Å²) < 4.78 is 1.49. The van der Waals surface area contributed by atoms with Gasteiger partial charge in [0.15, 0.2) is 0 Å². The van der Waals surface area contributed by atoms with Gasteiger partial charge >= 0.3 is 5.82 Å². The lowest BCUT2D eigenvalue weighted by molar-refractivity contribution is -0.389. The van der Waals surface area contributed by atoms with Crippen molar-refractivity contribution in [2.75, 3.05) is 6.54 Å². The van der Waals surface area contributed by atoms with Crippen LogP contribution in [0.5, 0.6) is 0 Å². The topological polar surface area (TPSA) is 110 Å². The zero-order valence-electron chi connectivity index (χ0n) is 10.8. The summed E-state index contributed by atoms with van der Waals surface area (Å²) in [6.45, 7) is 2.50. The number of nitrogens with zero attached hydrogens (tertiary/aromatic N) is 3. The van der Waals surface area contributed by atoms with Crippen molar-refractivity contribution >= 4 is 11.7 Å². The van der Waals surface area contributed by atoms with E-state index in [9.17, 15) is 20.0 Å². The number of hydrogen-bond acceptors (Lipinski definition) is 5. The van der Waals surface area contributed by atoms with Crippen molar-refractivity contribution in [2.24, 2.45) is 0 Å². The van der Waals surface area contributed by atoms with Crippen LogP contribution in [0.2, 0.25) is 0 Å². The summed E-state index contributed by atoms with van der Waals surface area (Å²) >= 11 is 0. The third-order valence-electron chi connectivity index (χ3n) is 2.56. The molecule has 106 valence electrons. The predicted octanol–water partition coefficient (Wildman–Crippen LogP) is 0.459. The van der Waals surface area contributed by atoms with Gasteiger partial charge in [-0.1, -0.05) is 13.3 Å². The van der Waals surface area contributed by atoms with Crippen LogP contribution >= 0.6 is 0 Å². The molecule has 0 aliphatic rings. The molecule has 0 radical (unpaired) electrons. The van der Waals surface area contributed by atoms with Crippen LogP contribution in [0.1, 0.15) is 26.2 Å². The fraction of sp³-hybridized carbons (Fsp3) is 0.636. The number of aliphatic hydroxyl groups is 1. The van der Waals surface area contributed by atoms with Gasteiger partial charge in [0.05, 0.1) is 6.10 Å². The zero-order chi connectivity index (χ0) is 14.3. The van der Waals surface area contributed by atoms with Gasteiger partial charge in [0, 0.05) is 19.5 Å². The lowest BCUT2D eigenvalue weighted by Gasteiger charge is -2.10. The Morgan fingerprint density at radius 2 is 2.42 bits per heavy atom. The zero-order valence-corrected chi connectivity index (χ0v) is 10.8. The summed E-state index contributed by atoms with van der Waals surface area (Å²) in [5, 5.41) is 22.5. The minimum Gasteiger partial charge on any atom is -0.391 e. The molecular weight excluding hydrogens is 252 g/mol. The van der Waals surface area contributed by atoms with Gasteiger partial charge in [-0.05, 0) is 16.3 Å². The molecule has 1 unspecified atom stereocenters. The SMILES string of the molecule is CCCC(O)CNC(=O)CCn1cnc([N+](=O)[O-])c1. The van der Waals surface area contributed by atoms with E-state index < -0.39 is 11.0 Å². The fourth-order valence-corrected chi connectivity index (χ4v) is 1.55. The molecule has 1 atom stereocenters. The van der Waals surface area contributed by atoms with Gasteiger partial charge in [0.25, 0.3) is 0 Å². The summed E-state index contributed by atoms with van der Waals surface area (Å²) in [5.74, 6) is -0.440. The fourth-order valence-electron chi connectivity index (χ4n) is 1.55. The Morgan fingerprint density at radius 1 is 1.68 bits per heavy atom. The lowest BCUT2D eigenvalue weighted by Crippen LogP contribution is -2.32. The monoisotopic (exact) mass is 270 g/mol.